The van der Waals surface area contributed by atoms with Crippen LogP contribution in [0, 0.1) is 6.92 Å². The number of hydrogen-bond donors (Lipinski definition) is 2. The molecule has 2 atom stereocenters. The SMILES string of the molecule is CCNC(=NCC(C)Oc1ccc(OC)cc1)NC1CCCn2nc(C)nc21. The van der Waals surface area contributed by atoms with Crippen molar-refractivity contribution in [1.29, 1.82) is 0 Å². The fourth-order valence-corrected chi connectivity index (χ4v) is 3.23. The topological polar surface area (TPSA) is 85.6 Å². The molecule has 2 unspecified atom stereocenters. The van der Waals surface area contributed by atoms with E-state index in [2.05, 4.69) is 27.6 Å². The molecule has 0 amide bonds. The van der Waals surface area contributed by atoms with E-state index in [9.17, 15) is 0 Å². The minimum Gasteiger partial charge on any atom is -0.497 e. The Morgan fingerprint density at radius 1 is 1.32 bits per heavy atom. The van der Waals surface area contributed by atoms with Crippen molar-refractivity contribution in [2.45, 2.75) is 52.3 Å². The van der Waals surface area contributed by atoms with Crippen molar-refractivity contribution < 1.29 is 9.47 Å². The second-order valence-corrected chi connectivity index (χ2v) is 6.90. The quantitative estimate of drug-likeness (QED) is 0.562. The highest BCUT2D eigenvalue weighted by atomic mass is 16.5. The molecule has 0 bridgehead atoms. The molecule has 8 nitrogen and oxygen atoms in total. The lowest BCUT2D eigenvalue weighted by atomic mass is 10.1. The third kappa shape index (κ3) is 5.15. The number of aromatic nitrogens is 3. The lowest BCUT2D eigenvalue weighted by Crippen LogP contribution is -2.42. The number of ether oxygens (including phenoxy) is 2. The summed E-state index contributed by atoms with van der Waals surface area (Å²) in [6, 6.07) is 7.70. The second kappa shape index (κ2) is 9.43. The number of guanidine groups is 1. The molecule has 0 radical (unpaired) electrons. The number of aryl methyl sites for hydroxylation is 2. The van der Waals surface area contributed by atoms with Gasteiger partial charge in [0, 0.05) is 13.1 Å². The molecule has 1 aromatic carbocycles. The number of rotatable bonds is 7. The fraction of sp³-hybridized carbons (Fsp3) is 0.550. The van der Waals surface area contributed by atoms with Gasteiger partial charge in [-0.2, -0.15) is 5.10 Å². The van der Waals surface area contributed by atoms with E-state index in [0.717, 1.165) is 55.0 Å². The lowest BCUT2D eigenvalue weighted by Gasteiger charge is -2.25. The minimum atomic E-state index is -0.0545. The Labute approximate surface area is 166 Å². The first-order valence-electron chi connectivity index (χ1n) is 9.86. The van der Waals surface area contributed by atoms with Crippen LogP contribution in [-0.2, 0) is 6.54 Å². The van der Waals surface area contributed by atoms with Crippen LogP contribution in [0.25, 0.3) is 0 Å². The van der Waals surface area contributed by atoms with Gasteiger partial charge < -0.3 is 20.1 Å². The van der Waals surface area contributed by atoms with Crippen LogP contribution in [0.2, 0.25) is 0 Å². The maximum absolute atomic E-state index is 5.95. The van der Waals surface area contributed by atoms with Gasteiger partial charge in [0.1, 0.15) is 29.3 Å². The summed E-state index contributed by atoms with van der Waals surface area (Å²) in [5.41, 5.74) is 0. The van der Waals surface area contributed by atoms with E-state index in [1.165, 1.54) is 0 Å². The van der Waals surface area contributed by atoms with Gasteiger partial charge in [-0.25, -0.2) is 14.7 Å². The van der Waals surface area contributed by atoms with Crippen molar-refractivity contribution in [3.05, 3.63) is 35.9 Å². The van der Waals surface area contributed by atoms with Crippen molar-refractivity contribution in [2.75, 3.05) is 20.2 Å². The Bertz CT molecular complexity index is 786. The highest BCUT2D eigenvalue weighted by Crippen LogP contribution is 2.23. The summed E-state index contributed by atoms with van der Waals surface area (Å²) >= 11 is 0. The summed E-state index contributed by atoms with van der Waals surface area (Å²) in [7, 11) is 1.65. The Hall–Kier alpha value is -2.77. The van der Waals surface area contributed by atoms with Crippen LogP contribution >= 0.6 is 0 Å². The molecule has 2 aromatic rings. The summed E-state index contributed by atoms with van der Waals surface area (Å²) < 4.78 is 13.1. The summed E-state index contributed by atoms with van der Waals surface area (Å²) in [5.74, 6) is 4.18. The first kappa shape index (κ1) is 20.0. The van der Waals surface area contributed by atoms with Gasteiger partial charge in [0.2, 0.25) is 0 Å². The summed E-state index contributed by atoms with van der Waals surface area (Å²) in [5, 5.41) is 11.3. The van der Waals surface area contributed by atoms with E-state index in [4.69, 9.17) is 14.5 Å². The summed E-state index contributed by atoms with van der Waals surface area (Å²) in [6.45, 7) is 8.26. The highest BCUT2D eigenvalue weighted by Gasteiger charge is 2.24. The number of hydrogen-bond acceptors (Lipinski definition) is 5. The minimum absolute atomic E-state index is 0.0545. The van der Waals surface area contributed by atoms with Gasteiger partial charge in [-0.15, -0.1) is 0 Å². The average Bonchev–Trinajstić information content (AvgIpc) is 3.08. The van der Waals surface area contributed by atoms with E-state index in [1.807, 2.05) is 42.8 Å². The molecule has 2 heterocycles. The Kier molecular flexibility index (Phi) is 6.73. The second-order valence-electron chi connectivity index (χ2n) is 6.90. The van der Waals surface area contributed by atoms with Gasteiger partial charge in [0.05, 0.1) is 19.7 Å². The fourth-order valence-electron chi connectivity index (χ4n) is 3.23. The molecule has 0 spiro atoms. The molecule has 3 rings (SSSR count). The number of methoxy groups -OCH3 is 1. The molecular formula is C20H30N6O2. The maximum Gasteiger partial charge on any atom is 0.191 e. The molecule has 0 saturated heterocycles. The van der Waals surface area contributed by atoms with Crippen LogP contribution in [0.5, 0.6) is 11.5 Å². The normalized spacial score (nSPS) is 17.6. The van der Waals surface area contributed by atoms with Crippen molar-refractivity contribution in [1.82, 2.24) is 25.4 Å². The molecule has 0 aliphatic carbocycles. The molecule has 1 aliphatic heterocycles. The molecule has 0 saturated carbocycles. The highest BCUT2D eigenvalue weighted by molar-refractivity contribution is 5.80. The zero-order chi connectivity index (χ0) is 19.9. The number of nitrogens with one attached hydrogen (secondary N) is 2. The Morgan fingerprint density at radius 3 is 2.79 bits per heavy atom. The molecule has 152 valence electrons. The smallest absolute Gasteiger partial charge is 0.191 e. The number of fused-ring (bicyclic) bond motifs is 1. The molecular weight excluding hydrogens is 356 g/mol. The average molecular weight is 387 g/mol. The van der Waals surface area contributed by atoms with Crippen LogP contribution in [0.1, 0.15) is 44.4 Å². The standard InChI is InChI=1S/C20H30N6O2/c1-5-21-20(24-18-7-6-12-26-19(18)23-15(3)25-26)22-13-14(2)28-17-10-8-16(27-4)9-11-17/h8-11,14,18H,5-7,12-13H2,1-4H3,(H2,21,22,24). The van der Waals surface area contributed by atoms with Crippen LogP contribution in [0.3, 0.4) is 0 Å². The molecule has 1 aliphatic rings. The largest absolute Gasteiger partial charge is 0.497 e. The van der Waals surface area contributed by atoms with Crippen molar-refractivity contribution >= 4 is 5.96 Å². The Balaban J connectivity index is 1.60. The molecule has 1 aromatic heterocycles. The van der Waals surface area contributed by atoms with Crippen molar-refractivity contribution in [3.8, 4) is 11.5 Å². The van der Waals surface area contributed by atoms with Crippen LogP contribution < -0.4 is 20.1 Å². The number of benzene rings is 1. The molecule has 8 heteroatoms. The molecule has 0 fully saturated rings. The van der Waals surface area contributed by atoms with Gasteiger partial charge in [-0.05, 0) is 57.9 Å². The first-order chi connectivity index (χ1) is 13.6. The summed E-state index contributed by atoms with van der Waals surface area (Å²) in [4.78, 5) is 9.29. The van der Waals surface area contributed by atoms with E-state index < -0.39 is 0 Å². The van der Waals surface area contributed by atoms with Crippen molar-refractivity contribution in [2.24, 2.45) is 4.99 Å². The van der Waals surface area contributed by atoms with E-state index in [-0.39, 0.29) is 12.1 Å². The molecule has 28 heavy (non-hydrogen) atoms. The van der Waals surface area contributed by atoms with E-state index in [0.29, 0.717) is 6.54 Å². The lowest BCUT2D eigenvalue weighted by molar-refractivity contribution is 0.230. The monoisotopic (exact) mass is 386 g/mol. The third-order valence-corrected chi connectivity index (χ3v) is 4.54. The van der Waals surface area contributed by atoms with Crippen LogP contribution in [0.15, 0.2) is 29.3 Å². The van der Waals surface area contributed by atoms with Gasteiger partial charge >= 0.3 is 0 Å². The van der Waals surface area contributed by atoms with Gasteiger partial charge in [0.15, 0.2) is 5.96 Å². The summed E-state index contributed by atoms with van der Waals surface area (Å²) in [6.07, 6.45) is 2.03. The van der Waals surface area contributed by atoms with Gasteiger partial charge in [-0.3, -0.25) is 0 Å². The third-order valence-electron chi connectivity index (χ3n) is 4.54. The van der Waals surface area contributed by atoms with Gasteiger partial charge in [0.25, 0.3) is 0 Å². The maximum atomic E-state index is 5.95. The van der Waals surface area contributed by atoms with Crippen molar-refractivity contribution in [3.63, 3.8) is 0 Å². The predicted octanol–water partition coefficient (Wildman–Crippen LogP) is 2.45. The Morgan fingerprint density at radius 2 is 2.07 bits per heavy atom. The van der Waals surface area contributed by atoms with Gasteiger partial charge in [-0.1, -0.05) is 0 Å². The molecule has 2 N–H and O–H groups in total. The van der Waals surface area contributed by atoms with Crippen LogP contribution in [0.4, 0.5) is 0 Å². The predicted molar refractivity (Wildman–Crippen MR) is 109 cm³/mol. The number of nitrogens with zero attached hydrogens (tertiary/aromatic N) is 4. The van der Waals surface area contributed by atoms with E-state index in [1.54, 1.807) is 7.11 Å². The van der Waals surface area contributed by atoms with E-state index >= 15 is 0 Å². The zero-order valence-electron chi connectivity index (χ0n) is 17.1. The number of aliphatic imine (C=N–C) groups is 1. The first-order valence-corrected chi connectivity index (χ1v) is 9.86. The van der Waals surface area contributed by atoms with Crippen LogP contribution in [-0.4, -0.2) is 47.0 Å². The zero-order valence-corrected chi connectivity index (χ0v) is 17.1.